The Bertz CT molecular complexity index is 386. The minimum absolute atomic E-state index is 0.0504. The van der Waals surface area contributed by atoms with Crippen LogP contribution in [0.1, 0.15) is 29.6 Å². The Hall–Kier alpha value is -1.45. The number of carbonyl (C=O) groups excluding carboxylic acids is 1. The van der Waals surface area contributed by atoms with E-state index in [0.717, 1.165) is 31.4 Å². The molecule has 1 saturated carbocycles. The third-order valence-corrected chi connectivity index (χ3v) is 2.48. The highest BCUT2D eigenvalue weighted by Gasteiger charge is 2.22. The van der Waals surface area contributed by atoms with Crippen molar-refractivity contribution in [2.24, 2.45) is 0 Å². The molecule has 0 bridgehead atoms. The maximum Gasteiger partial charge on any atom is 0.338 e. The number of esters is 1. The minimum Gasteiger partial charge on any atom is -0.459 e. The van der Waals surface area contributed by atoms with Gasteiger partial charge in [0.05, 0.1) is 5.56 Å². The molecule has 0 heterocycles. The van der Waals surface area contributed by atoms with Crippen molar-refractivity contribution in [3.8, 4) is 0 Å². The van der Waals surface area contributed by atoms with Crippen molar-refractivity contribution in [3.05, 3.63) is 35.4 Å². The zero-order valence-corrected chi connectivity index (χ0v) is 8.00. The third-order valence-electron chi connectivity index (χ3n) is 2.48. The van der Waals surface area contributed by atoms with Crippen LogP contribution in [0.2, 0.25) is 0 Å². The van der Waals surface area contributed by atoms with E-state index in [1.165, 1.54) is 6.07 Å². The molecule has 1 aromatic rings. The smallest absolute Gasteiger partial charge is 0.338 e. The van der Waals surface area contributed by atoms with Gasteiger partial charge >= 0.3 is 5.97 Å². The van der Waals surface area contributed by atoms with Crippen LogP contribution in [0, 0.1) is 11.6 Å². The average Bonchev–Trinajstić information content (AvgIpc) is 2.15. The van der Waals surface area contributed by atoms with Crippen molar-refractivity contribution in [2.45, 2.75) is 25.4 Å². The van der Waals surface area contributed by atoms with Crippen molar-refractivity contribution in [2.75, 3.05) is 0 Å². The van der Waals surface area contributed by atoms with E-state index < -0.39 is 17.6 Å². The molecule has 0 aliphatic heterocycles. The summed E-state index contributed by atoms with van der Waals surface area (Å²) in [5, 5.41) is 0. The molecule has 15 heavy (non-hydrogen) atoms. The summed E-state index contributed by atoms with van der Waals surface area (Å²) in [5.41, 5.74) is 0.0563. The monoisotopic (exact) mass is 212 g/mol. The molecule has 0 N–H and O–H groups in total. The van der Waals surface area contributed by atoms with Crippen molar-refractivity contribution in [1.29, 1.82) is 0 Å². The predicted molar refractivity (Wildman–Crippen MR) is 49.4 cm³/mol. The Labute approximate surface area is 85.9 Å². The molecular weight excluding hydrogens is 202 g/mol. The Kier molecular flexibility index (Phi) is 2.66. The van der Waals surface area contributed by atoms with Gasteiger partial charge < -0.3 is 4.74 Å². The molecule has 1 aliphatic carbocycles. The van der Waals surface area contributed by atoms with E-state index in [4.69, 9.17) is 4.74 Å². The van der Waals surface area contributed by atoms with Crippen molar-refractivity contribution < 1.29 is 18.3 Å². The lowest BCUT2D eigenvalue weighted by Gasteiger charge is -2.25. The molecular formula is C11H10F2O2. The van der Waals surface area contributed by atoms with Gasteiger partial charge in [-0.3, -0.25) is 0 Å². The topological polar surface area (TPSA) is 26.3 Å². The van der Waals surface area contributed by atoms with Gasteiger partial charge in [0.25, 0.3) is 0 Å². The lowest BCUT2D eigenvalue weighted by Crippen LogP contribution is -2.25. The van der Waals surface area contributed by atoms with E-state index in [1.807, 2.05) is 0 Å². The fourth-order valence-corrected chi connectivity index (χ4v) is 1.33. The number of benzene rings is 1. The van der Waals surface area contributed by atoms with Gasteiger partial charge in [-0.15, -0.1) is 0 Å². The Morgan fingerprint density at radius 2 is 2.00 bits per heavy atom. The van der Waals surface area contributed by atoms with Gasteiger partial charge in [0.2, 0.25) is 0 Å². The Balaban J connectivity index is 2.07. The normalized spacial score (nSPS) is 15.9. The van der Waals surface area contributed by atoms with Crippen LogP contribution in [0.3, 0.4) is 0 Å². The zero-order chi connectivity index (χ0) is 10.8. The minimum atomic E-state index is -1.03. The molecule has 1 fully saturated rings. The van der Waals surface area contributed by atoms with Crippen LogP contribution >= 0.6 is 0 Å². The second-order valence-corrected chi connectivity index (χ2v) is 3.59. The van der Waals surface area contributed by atoms with Crippen LogP contribution in [0.4, 0.5) is 8.78 Å². The lowest BCUT2D eigenvalue weighted by atomic mass is 9.96. The molecule has 0 amide bonds. The summed E-state index contributed by atoms with van der Waals surface area (Å²) in [7, 11) is 0. The molecule has 4 heteroatoms. The first-order valence-electron chi connectivity index (χ1n) is 4.83. The van der Waals surface area contributed by atoms with Gasteiger partial charge in [-0.25, -0.2) is 13.6 Å². The molecule has 1 aliphatic rings. The Morgan fingerprint density at radius 1 is 1.27 bits per heavy atom. The van der Waals surface area contributed by atoms with E-state index >= 15 is 0 Å². The first-order chi connectivity index (χ1) is 7.16. The first kappa shape index (κ1) is 10.1. The molecule has 80 valence electrons. The van der Waals surface area contributed by atoms with Crippen molar-refractivity contribution >= 4 is 5.97 Å². The molecule has 0 spiro atoms. The highest BCUT2D eigenvalue weighted by atomic mass is 19.2. The summed E-state index contributed by atoms with van der Waals surface area (Å²) >= 11 is 0. The third kappa shape index (κ3) is 2.14. The fraction of sp³-hybridized carbons (Fsp3) is 0.364. The predicted octanol–water partition coefficient (Wildman–Crippen LogP) is 2.67. The number of carbonyl (C=O) groups is 1. The second kappa shape index (κ2) is 3.96. The molecule has 0 atom stereocenters. The SMILES string of the molecule is O=C(OC1CCC1)c1ccc(F)c(F)c1. The zero-order valence-electron chi connectivity index (χ0n) is 8.00. The molecule has 2 rings (SSSR count). The highest BCUT2D eigenvalue weighted by molar-refractivity contribution is 5.89. The molecule has 0 unspecified atom stereocenters. The van der Waals surface area contributed by atoms with Gasteiger partial charge in [-0.2, -0.15) is 0 Å². The molecule has 0 radical (unpaired) electrons. The number of hydrogen-bond donors (Lipinski definition) is 0. The van der Waals surface area contributed by atoms with Crippen LogP contribution in [-0.4, -0.2) is 12.1 Å². The summed E-state index contributed by atoms with van der Waals surface area (Å²) in [4.78, 5) is 11.4. The van der Waals surface area contributed by atoms with Gasteiger partial charge in [0.1, 0.15) is 6.10 Å². The van der Waals surface area contributed by atoms with Crippen LogP contribution in [-0.2, 0) is 4.74 Å². The summed E-state index contributed by atoms with van der Waals surface area (Å²) in [6, 6.07) is 3.00. The first-order valence-corrected chi connectivity index (χ1v) is 4.83. The second-order valence-electron chi connectivity index (χ2n) is 3.59. The average molecular weight is 212 g/mol. The fourth-order valence-electron chi connectivity index (χ4n) is 1.33. The maximum atomic E-state index is 12.8. The lowest BCUT2D eigenvalue weighted by molar-refractivity contribution is 0.00895. The largest absolute Gasteiger partial charge is 0.459 e. The van der Waals surface area contributed by atoms with Crippen LogP contribution in [0.5, 0.6) is 0 Å². The standard InChI is InChI=1S/C11H10F2O2/c12-9-5-4-7(6-10(9)13)11(14)15-8-2-1-3-8/h4-6,8H,1-3H2. The van der Waals surface area contributed by atoms with E-state index in [1.54, 1.807) is 0 Å². The molecule has 2 nitrogen and oxygen atoms in total. The summed E-state index contributed by atoms with van der Waals surface area (Å²) in [6.07, 6.45) is 2.71. The summed E-state index contributed by atoms with van der Waals surface area (Å²) in [5.74, 6) is -2.58. The van der Waals surface area contributed by atoms with E-state index in [-0.39, 0.29) is 11.7 Å². The van der Waals surface area contributed by atoms with E-state index in [2.05, 4.69) is 0 Å². The maximum absolute atomic E-state index is 12.8. The number of rotatable bonds is 2. The molecule has 0 saturated heterocycles. The summed E-state index contributed by atoms with van der Waals surface area (Å²) < 4.78 is 30.4. The Morgan fingerprint density at radius 3 is 2.53 bits per heavy atom. The molecule has 0 aromatic heterocycles. The van der Waals surface area contributed by atoms with Crippen LogP contribution < -0.4 is 0 Å². The van der Waals surface area contributed by atoms with Gasteiger partial charge in [-0.05, 0) is 37.5 Å². The van der Waals surface area contributed by atoms with Crippen molar-refractivity contribution in [3.63, 3.8) is 0 Å². The van der Waals surface area contributed by atoms with E-state index in [9.17, 15) is 13.6 Å². The quantitative estimate of drug-likeness (QED) is 0.704. The number of ether oxygens (including phenoxy) is 1. The highest BCUT2D eigenvalue weighted by Crippen LogP contribution is 2.23. The van der Waals surface area contributed by atoms with E-state index in [0.29, 0.717) is 0 Å². The molecule has 1 aromatic carbocycles. The van der Waals surface area contributed by atoms with Gasteiger partial charge in [0.15, 0.2) is 11.6 Å². The van der Waals surface area contributed by atoms with Crippen LogP contribution in [0.15, 0.2) is 18.2 Å². The van der Waals surface area contributed by atoms with Gasteiger partial charge in [0, 0.05) is 0 Å². The van der Waals surface area contributed by atoms with Gasteiger partial charge in [-0.1, -0.05) is 0 Å². The summed E-state index contributed by atoms with van der Waals surface area (Å²) in [6.45, 7) is 0. The van der Waals surface area contributed by atoms with Crippen molar-refractivity contribution in [1.82, 2.24) is 0 Å². The number of halogens is 2. The number of hydrogen-bond acceptors (Lipinski definition) is 2. The van der Waals surface area contributed by atoms with Crippen LogP contribution in [0.25, 0.3) is 0 Å².